The number of nitrogens with one attached hydrogen (secondary N) is 1. The molecule has 0 saturated carbocycles. The molecule has 0 atom stereocenters. The van der Waals surface area contributed by atoms with E-state index in [0.717, 1.165) is 35.7 Å². The summed E-state index contributed by atoms with van der Waals surface area (Å²) in [6.07, 6.45) is 6.60. The van der Waals surface area contributed by atoms with E-state index in [1.807, 2.05) is 17.1 Å². The van der Waals surface area contributed by atoms with Crippen LogP contribution < -0.4 is 5.32 Å². The zero-order valence-corrected chi connectivity index (χ0v) is 12.5. The molecule has 2 aromatic heterocycles. The molecule has 7 heteroatoms. The van der Waals surface area contributed by atoms with E-state index >= 15 is 0 Å². The van der Waals surface area contributed by atoms with Gasteiger partial charge in [0.2, 0.25) is 0 Å². The molecule has 2 rings (SSSR count). The number of halogens is 1. The predicted molar refractivity (Wildman–Crippen MR) is 76.1 cm³/mol. The summed E-state index contributed by atoms with van der Waals surface area (Å²) in [5, 5.41) is 8.45. The van der Waals surface area contributed by atoms with Crippen LogP contribution in [0.1, 0.15) is 11.3 Å². The van der Waals surface area contributed by atoms with Crippen LogP contribution in [-0.4, -0.2) is 35.0 Å². The highest BCUT2D eigenvalue weighted by Crippen LogP contribution is 2.19. The van der Waals surface area contributed by atoms with E-state index in [0.29, 0.717) is 0 Å². The van der Waals surface area contributed by atoms with Crippen molar-refractivity contribution >= 4 is 32.4 Å². The molecule has 2 aromatic rings. The van der Waals surface area contributed by atoms with E-state index in [2.05, 4.69) is 31.3 Å². The fourth-order valence-electron chi connectivity index (χ4n) is 1.46. The number of anilines is 1. The molecule has 0 aliphatic rings. The number of hydrogen-bond acceptors (Lipinski definition) is 5. The van der Waals surface area contributed by atoms with Crippen LogP contribution in [0.2, 0.25) is 0 Å². The molecule has 0 aliphatic heterocycles. The van der Waals surface area contributed by atoms with Gasteiger partial charge in [-0.05, 0) is 22.4 Å². The summed E-state index contributed by atoms with van der Waals surface area (Å²) >= 11 is 5.04. The second-order valence-corrected chi connectivity index (χ2v) is 5.79. The topological polar surface area (TPSA) is 52.0 Å². The summed E-state index contributed by atoms with van der Waals surface area (Å²) in [6.45, 7) is 2.41. The summed E-state index contributed by atoms with van der Waals surface area (Å²) in [5.74, 6) is 0. The Morgan fingerprint density at radius 2 is 2.39 bits per heavy atom. The molecule has 0 fully saturated rings. The quantitative estimate of drug-likeness (QED) is 0.793. The molecule has 5 nitrogen and oxygen atoms in total. The minimum absolute atomic E-state index is 0.753. The standard InChI is InChI=1S/C11H15BrN4OS/c1-17-4-2-3-13-11-14-6-10(18-11)8-16-7-9(12)5-15-16/h5-7H,2-4,8H2,1H3,(H,13,14). The molecule has 2 heterocycles. The van der Waals surface area contributed by atoms with Gasteiger partial charge >= 0.3 is 0 Å². The lowest BCUT2D eigenvalue weighted by molar-refractivity contribution is 0.198. The minimum atomic E-state index is 0.753. The van der Waals surface area contributed by atoms with Crippen LogP contribution >= 0.6 is 27.3 Å². The second kappa shape index (κ2) is 6.86. The van der Waals surface area contributed by atoms with Crippen molar-refractivity contribution in [2.45, 2.75) is 13.0 Å². The first-order valence-electron chi connectivity index (χ1n) is 5.63. The number of aromatic nitrogens is 3. The lowest BCUT2D eigenvalue weighted by atomic mass is 10.4. The first-order chi connectivity index (χ1) is 8.78. The zero-order chi connectivity index (χ0) is 12.8. The number of rotatable bonds is 7. The number of methoxy groups -OCH3 is 1. The first kappa shape index (κ1) is 13.5. The Morgan fingerprint density at radius 1 is 1.50 bits per heavy atom. The second-order valence-electron chi connectivity index (χ2n) is 3.76. The van der Waals surface area contributed by atoms with Gasteiger partial charge in [0, 0.05) is 37.5 Å². The number of ether oxygens (including phenoxy) is 1. The van der Waals surface area contributed by atoms with E-state index < -0.39 is 0 Å². The average molecular weight is 331 g/mol. The summed E-state index contributed by atoms with van der Waals surface area (Å²) in [6, 6.07) is 0. The van der Waals surface area contributed by atoms with Crippen molar-refractivity contribution in [1.29, 1.82) is 0 Å². The van der Waals surface area contributed by atoms with Crippen LogP contribution in [0.5, 0.6) is 0 Å². The number of thiazole rings is 1. The van der Waals surface area contributed by atoms with Gasteiger partial charge in [-0.2, -0.15) is 5.10 Å². The molecule has 0 bridgehead atoms. The lowest BCUT2D eigenvalue weighted by Gasteiger charge is -2.00. The van der Waals surface area contributed by atoms with Crippen molar-refractivity contribution in [3.05, 3.63) is 27.9 Å². The lowest BCUT2D eigenvalue weighted by Crippen LogP contribution is -2.03. The molecule has 0 amide bonds. The van der Waals surface area contributed by atoms with Crippen molar-refractivity contribution in [1.82, 2.24) is 14.8 Å². The summed E-state index contributed by atoms with van der Waals surface area (Å²) < 4.78 is 7.87. The monoisotopic (exact) mass is 330 g/mol. The minimum Gasteiger partial charge on any atom is -0.385 e. The summed E-state index contributed by atoms with van der Waals surface area (Å²) in [5.41, 5.74) is 0. The van der Waals surface area contributed by atoms with Gasteiger partial charge in [-0.25, -0.2) is 4.98 Å². The zero-order valence-electron chi connectivity index (χ0n) is 10.1. The molecule has 18 heavy (non-hydrogen) atoms. The van der Waals surface area contributed by atoms with Crippen LogP contribution in [-0.2, 0) is 11.3 Å². The fourth-order valence-corrected chi connectivity index (χ4v) is 2.62. The van der Waals surface area contributed by atoms with Crippen molar-refractivity contribution in [3.63, 3.8) is 0 Å². The van der Waals surface area contributed by atoms with Crippen molar-refractivity contribution < 1.29 is 4.74 Å². The molecule has 0 radical (unpaired) electrons. The molecule has 1 N–H and O–H groups in total. The predicted octanol–water partition coefficient (Wildman–Crippen LogP) is 2.60. The highest BCUT2D eigenvalue weighted by atomic mass is 79.9. The van der Waals surface area contributed by atoms with Gasteiger partial charge in [0.25, 0.3) is 0 Å². The van der Waals surface area contributed by atoms with Crippen molar-refractivity contribution in [2.24, 2.45) is 0 Å². The van der Waals surface area contributed by atoms with Crippen molar-refractivity contribution in [3.8, 4) is 0 Å². The van der Waals surface area contributed by atoms with Gasteiger partial charge < -0.3 is 10.1 Å². The summed E-state index contributed by atoms with van der Waals surface area (Å²) in [4.78, 5) is 5.51. The maximum atomic E-state index is 4.99. The molecular weight excluding hydrogens is 316 g/mol. The Hall–Kier alpha value is -0.920. The Kier molecular flexibility index (Phi) is 5.15. The molecule has 0 spiro atoms. The summed E-state index contributed by atoms with van der Waals surface area (Å²) in [7, 11) is 1.71. The third kappa shape index (κ3) is 4.08. The van der Waals surface area contributed by atoms with E-state index in [4.69, 9.17) is 4.74 Å². The Morgan fingerprint density at radius 3 is 3.11 bits per heavy atom. The highest BCUT2D eigenvalue weighted by molar-refractivity contribution is 9.10. The van der Waals surface area contributed by atoms with E-state index in [1.165, 1.54) is 4.88 Å². The third-order valence-corrected chi connectivity index (χ3v) is 3.62. The Bertz CT molecular complexity index is 485. The largest absolute Gasteiger partial charge is 0.385 e. The van der Waals surface area contributed by atoms with Crippen molar-refractivity contribution in [2.75, 3.05) is 25.6 Å². The van der Waals surface area contributed by atoms with Gasteiger partial charge in [0.05, 0.1) is 17.2 Å². The van der Waals surface area contributed by atoms with Gasteiger partial charge in [-0.15, -0.1) is 11.3 Å². The van der Waals surface area contributed by atoms with E-state index in [1.54, 1.807) is 24.6 Å². The molecular formula is C11H15BrN4OS. The van der Waals surface area contributed by atoms with Crippen LogP contribution in [0.4, 0.5) is 5.13 Å². The van der Waals surface area contributed by atoms with Gasteiger partial charge in [0.1, 0.15) is 0 Å². The maximum Gasteiger partial charge on any atom is 0.182 e. The first-order valence-corrected chi connectivity index (χ1v) is 7.24. The molecule has 0 aromatic carbocycles. The molecule has 0 aliphatic carbocycles. The van der Waals surface area contributed by atoms with Crippen LogP contribution in [0.3, 0.4) is 0 Å². The van der Waals surface area contributed by atoms with Gasteiger partial charge in [-0.3, -0.25) is 4.68 Å². The third-order valence-electron chi connectivity index (χ3n) is 2.27. The molecule has 0 unspecified atom stereocenters. The highest BCUT2D eigenvalue weighted by Gasteiger charge is 2.03. The van der Waals surface area contributed by atoms with E-state index in [-0.39, 0.29) is 0 Å². The number of nitrogens with zero attached hydrogens (tertiary/aromatic N) is 3. The molecule has 0 saturated heterocycles. The maximum absolute atomic E-state index is 4.99. The van der Waals surface area contributed by atoms with Gasteiger partial charge in [0.15, 0.2) is 5.13 Å². The van der Waals surface area contributed by atoms with Crippen LogP contribution in [0.15, 0.2) is 23.1 Å². The SMILES string of the molecule is COCCCNc1ncc(Cn2cc(Br)cn2)s1. The fraction of sp³-hybridized carbons (Fsp3) is 0.455. The average Bonchev–Trinajstić information content (AvgIpc) is 2.95. The normalized spacial score (nSPS) is 10.8. The molecule has 98 valence electrons. The Labute approximate surface area is 118 Å². The van der Waals surface area contributed by atoms with Crippen LogP contribution in [0.25, 0.3) is 0 Å². The van der Waals surface area contributed by atoms with Crippen LogP contribution in [0, 0.1) is 0 Å². The Balaban J connectivity index is 1.82. The van der Waals surface area contributed by atoms with Gasteiger partial charge in [-0.1, -0.05) is 0 Å². The number of hydrogen-bond donors (Lipinski definition) is 1. The van der Waals surface area contributed by atoms with E-state index in [9.17, 15) is 0 Å². The smallest absolute Gasteiger partial charge is 0.182 e.